The molecule has 0 aliphatic heterocycles. The van der Waals surface area contributed by atoms with Crippen LogP contribution in [0.5, 0.6) is 0 Å². The summed E-state index contributed by atoms with van der Waals surface area (Å²) in [4.78, 5) is 20.4. The number of hydrogen-bond donors (Lipinski definition) is 2. The molecule has 0 bridgehead atoms. The molecule has 1 aromatic carbocycles. The Morgan fingerprint density at radius 3 is 2.68 bits per heavy atom. The van der Waals surface area contributed by atoms with Crippen LogP contribution in [0.25, 0.3) is 0 Å². The minimum Gasteiger partial charge on any atom is -0.366 e. The Morgan fingerprint density at radius 2 is 1.91 bits per heavy atom. The first-order valence-electron chi connectivity index (χ1n) is 7.72. The van der Waals surface area contributed by atoms with E-state index in [1.165, 1.54) is 19.2 Å². The summed E-state index contributed by atoms with van der Waals surface area (Å²) in [5.74, 6) is 0.549. The third-order valence-electron chi connectivity index (χ3n) is 3.91. The quantitative estimate of drug-likeness (QED) is 0.890. The average Bonchev–Trinajstić information content (AvgIpc) is 3.07. The van der Waals surface area contributed by atoms with Gasteiger partial charge in [0.1, 0.15) is 17.8 Å². The molecule has 114 valence electrons. The van der Waals surface area contributed by atoms with Crippen molar-refractivity contribution in [2.24, 2.45) is 0 Å². The predicted molar refractivity (Wildman–Crippen MR) is 85.5 cm³/mol. The van der Waals surface area contributed by atoms with Crippen molar-refractivity contribution >= 4 is 11.7 Å². The van der Waals surface area contributed by atoms with Crippen LogP contribution in [0, 0.1) is 0 Å². The van der Waals surface area contributed by atoms with Crippen LogP contribution in [-0.2, 0) is 6.54 Å². The lowest BCUT2D eigenvalue weighted by Crippen LogP contribution is -2.33. The average molecular weight is 296 g/mol. The molecule has 0 atom stereocenters. The van der Waals surface area contributed by atoms with Gasteiger partial charge >= 0.3 is 0 Å². The van der Waals surface area contributed by atoms with Crippen molar-refractivity contribution in [2.75, 3.05) is 5.32 Å². The van der Waals surface area contributed by atoms with Gasteiger partial charge in [-0.2, -0.15) is 0 Å². The van der Waals surface area contributed by atoms with Crippen LogP contribution in [0.3, 0.4) is 0 Å². The lowest BCUT2D eigenvalue weighted by Gasteiger charge is -2.12. The first kappa shape index (κ1) is 14.5. The lowest BCUT2D eigenvalue weighted by atomic mass is 10.2. The van der Waals surface area contributed by atoms with Gasteiger partial charge in [0.25, 0.3) is 5.91 Å². The Labute approximate surface area is 130 Å². The molecule has 1 fully saturated rings. The summed E-state index contributed by atoms with van der Waals surface area (Å²) in [5, 5.41) is 6.26. The number of hydrogen-bond acceptors (Lipinski definition) is 4. The third-order valence-corrected chi connectivity index (χ3v) is 3.91. The van der Waals surface area contributed by atoms with Crippen molar-refractivity contribution in [1.82, 2.24) is 15.3 Å². The molecule has 1 heterocycles. The normalized spacial score (nSPS) is 14.7. The van der Waals surface area contributed by atoms with Gasteiger partial charge in [0.15, 0.2) is 0 Å². The number of aromatic nitrogens is 2. The molecule has 5 heteroatoms. The molecule has 1 aromatic heterocycles. The molecule has 1 amide bonds. The van der Waals surface area contributed by atoms with E-state index in [0.717, 1.165) is 18.4 Å². The lowest BCUT2D eigenvalue weighted by molar-refractivity contribution is 0.0932. The van der Waals surface area contributed by atoms with Gasteiger partial charge in [-0.05, 0) is 18.4 Å². The van der Waals surface area contributed by atoms with Gasteiger partial charge in [0.2, 0.25) is 0 Å². The van der Waals surface area contributed by atoms with Crippen LogP contribution in [0.4, 0.5) is 5.82 Å². The van der Waals surface area contributed by atoms with Gasteiger partial charge in [-0.15, -0.1) is 0 Å². The molecule has 1 aliphatic rings. The Hall–Kier alpha value is -2.43. The fourth-order valence-electron chi connectivity index (χ4n) is 2.70. The number of carbonyl (C=O) groups is 1. The SMILES string of the molecule is O=C(NC1CCCC1)c1cc(NCc2ccccc2)ncn1. The van der Waals surface area contributed by atoms with E-state index in [-0.39, 0.29) is 5.91 Å². The number of rotatable bonds is 5. The minimum absolute atomic E-state index is 0.114. The monoisotopic (exact) mass is 296 g/mol. The Bertz CT molecular complexity index is 624. The summed E-state index contributed by atoms with van der Waals surface area (Å²) in [7, 11) is 0. The molecule has 0 saturated heterocycles. The second-order valence-electron chi connectivity index (χ2n) is 5.58. The van der Waals surface area contributed by atoms with Crippen LogP contribution in [0.1, 0.15) is 41.7 Å². The fourth-order valence-corrected chi connectivity index (χ4v) is 2.70. The van der Waals surface area contributed by atoms with Crippen molar-refractivity contribution in [1.29, 1.82) is 0 Å². The number of nitrogens with zero attached hydrogens (tertiary/aromatic N) is 2. The van der Waals surface area contributed by atoms with E-state index in [0.29, 0.717) is 24.1 Å². The second kappa shape index (κ2) is 7.02. The Kier molecular flexibility index (Phi) is 4.63. The highest BCUT2D eigenvalue weighted by Gasteiger charge is 2.18. The summed E-state index contributed by atoms with van der Waals surface area (Å²) in [6.45, 7) is 0.668. The van der Waals surface area contributed by atoms with Gasteiger partial charge in [0.05, 0.1) is 0 Å². The molecular weight excluding hydrogens is 276 g/mol. The smallest absolute Gasteiger partial charge is 0.270 e. The van der Waals surface area contributed by atoms with Crippen LogP contribution < -0.4 is 10.6 Å². The molecule has 0 unspecified atom stereocenters. The number of amides is 1. The molecule has 0 spiro atoms. The number of carbonyl (C=O) groups excluding carboxylic acids is 1. The van der Waals surface area contributed by atoms with Crippen LogP contribution in [0.2, 0.25) is 0 Å². The van der Waals surface area contributed by atoms with Gasteiger partial charge < -0.3 is 10.6 Å². The maximum atomic E-state index is 12.2. The van der Waals surface area contributed by atoms with Gasteiger partial charge in [-0.3, -0.25) is 4.79 Å². The van der Waals surface area contributed by atoms with Gasteiger partial charge in [0, 0.05) is 18.7 Å². The summed E-state index contributed by atoms with van der Waals surface area (Å²) in [5.41, 5.74) is 1.58. The second-order valence-corrected chi connectivity index (χ2v) is 5.58. The van der Waals surface area contributed by atoms with Crippen LogP contribution in [-0.4, -0.2) is 21.9 Å². The zero-order chi connectivity index (χ0) is 15.2. The summed E-state index contributed by atoms with van der Waals surface area (Å²) >= 11 is 0. The molecule has 1 aliphatic carbocycles. The van der Waals surface area contributed by atoms with Crippen molar-refractivity contribution in [3.8, 4) is 0 Å². The van der Waals surface area contributed by atoms with Crippen LogP contribution >= 0.6 is 0 Å². The van der Waals surface area contributed by atoms with E-state index in [1.54, 1.807) is 6.07 Å². The molecular formula is C17H20N4O. The third kappa shape index (κ3) is 3.81. The van der Waals surface area contributed by atoms with Crippen molar-refractivity contribution < 1.29 is 4.79 Å². The molecule has 2 N–H and O–H groups in total. The van der Waals surface area contributed by atoms with Crippen LogP contribution in [0.15, 0.2) is 42.7 Å². The molecule has 0 radical (unpaired) electrons. The topological polar surface area (TPSA) is 66.9 Å². The summed E-state index contributed by atoms with van der Waals surface area (Å²) < 4.78 is 0. The van der Waals surface area contributed by atoms with Crippen molar-refractivity contribution in [2.45, 2.75) is 38.3 Å². The van der Waals surface area contributed by atoms with E-state index in [2.05, 4.69) is 20.6 Å². The first-order valence-corrected chi connectivity index (χ1v) is 7.72. The Balaban J connectivity index is 1.60. The van der Waals surface area contributed by atoms with E-state index in [9.17, 15) is 4.79 Å². The Morgan fingerprint density at radius 1 is 1.14 bits per heavy atom. The summed E-state index contributed by atoms with van der Waals surface area (Å²) in [6.07, 6.45) is 5.94. The van der Waals surface area contributed by atoms with E-state index >= 15 is 0 Å². The van der Waals surface area contributed by atoms with Crippen molar-refractivity contribution in [3.63, 3.8) is 0 Å². The zero-order valence-corrected chi connectivity index (χ0v) is 12.5. The highest BCUT2D eigenvalue weighted by atomic mass is 16.1. The highest BCUT2D eigenvalue weighted by molar-refractivity contribution is 5.93. The molecule has 5 nitrogen and oxygen atoms in total. The van der Waals surface area contributed by atoms with E-state index in [1.807, 2.05) is 30.3 Å². The van der Waals surface area contributed by atoms with Crippen molar-refractivity contribution in [3.05, 3.63) is 54.0 Å². The predicted octanol–water partition coefficient (Wildman–Crippen LogP) is 2.76. The minimum atomic E-state index is -0.114. The molecule has 1 saturated carbocycles. The highest BCUT2D eigenvalue weighted by Crippen LogP contribution is 2.18. The number of nitrogens with one attached hydrogen (secondary N) is 2. The first-order chi connectivity index (χ1) is 10.8. The molecule has 3 rings (SSSR count). The number of benzene rings is 1. The maximum Gasteiger partial charge on any atom is 0.270 e. The van der Waals surface area contributed by atoms with Gasteiger partial charge in [-0.25, -0.2) is 9.97 Å². The fraction of sp³-hybridized carbons (Fsp3) is 0.353. The molecule has 2 aromatic rings. The maximum absolute atomic E-state index is 12.2. The zero-order valence-electron chi connectivity index (χ0n) is 12.5. The van der Waals surface area contributed by atoms with Gasteiger partial charge in [-0.1, -0.05) is 43.2 Å². The largest absolute Gasteiger partial charge is 0.366 e. The summed E-state index contributed by atoms with van der Waals surface area (Å²) in [6, 6.07) is 12.1. The number of anilines is 1. The molecule has 22 heavy (non-hydrogen) atoms. The van der Waals surface area contributed by atoms with E-state index in [4.69, 9.17) is 0 Å². The standard InChI is InChI=1S/C17H20N4O/c22-17(21-14-8-4-5-9-14)15-10-16(20-12-19-15)18-11-13-6-2-1-3-7-13/h1-3,6-7,10,12,14H,4-5,8-9,11H2,(H,21,22)(H,18,19,20). The van der Waals surface area contributed by atoms with E-state index < -0.39 is 0 Å².